The number of hydrogen-bond acceptors (Lipinski definition) is 2. The number of hydrogen-bond donors (Lipinski definition) is 2. The highest BCUT2D eigenvalue weighted by atomic mass is 16.4. The van der Waals surface area contributed by atoms with Gasteiger partial charge in [-0.1, -0.05) is 49.6 Å². The van der Waals surface area contributed by atoms with Gasteiger partial charge in [-0.05, 0) is 32.3 Å². The van der Waals surface area contributed by atoms with Crippen LogP contribution in [0.5, 0.6) is 0 Å². The number of carbonyl (C=O) groups is 2. The van der Waals surface area contributed by atoms with E-state index in [0.717, 1.165) is 37.7 Å². The lowest BCUT2D eigenvalue weighted by molar-refractivity contribution is -0.137. The minimum atomic E-state index is -0.726. The van der Waals surface area contributed by atoms with Gasteiger partial charge in [-0.15, -0.1) is 0 Å². The molecule has 1 aromatic rings. The highest BCUT2D eigenvalue weighted by molar-refractivity contribution is 5.87. The third kappa shape index (κ3) is 6.29. The maximum absolute atomic E-state index is 12.3. The van der Waals surface area contributed by atoms with Crippen molar-refractivity contribution in [2.24, 2.45) is 0 Å². The molecule has 0 fully saturated rings. The molecule has 0 spiro atoms. The number of amides is 1. The quantitative estimate of drug-likeness (QED) is 0.650. The van der Waals surface area contributed by atoms with E-state index in [1.165, 1.54) is 0 Å². The third-order valence-electron chi connectivity index (χ3n) is 3.92. The Kier molecular flexibility index (Phi) is 7.64. The van der Waals surface area contributed by atoms with Gasteiger partial charge in [-0.3, -0.25) is 9.59 Å². The standard InChI is InChI=1S/C18H27NO3/c1-18(2,15-11-7-6-8-12-15)17(22)19-14-10-5-3-4-9-13-16(20)21/h6-8,11-12H,3-5,9-10,13-14H2,1-2H3,(H,19,22)(H,20,21). The van der Waals surface area contributed by atoms with Crippen molar-refractivity contribution in [3.63, 3.8) is 0 Å². The molecule has 0 atom stereocenters. The summed E-state index contributed by atoms with van der Waals surface area (Å²) in [5.41, 5.74) is 0.490. The molecule has 0 radical (unpaired) electrons. The molecule has 0 aliphatic heterocycles. The molecule has 1 amide bonds. The SMILES string of the molecule is CC(C)(C(=O)NCCCCCCCC(=O)O)c1ccccc1. The number of aliphatic carboxylic acids is 1. The summed E-state index contributed by atoms with van der Waals surface area (Å²) in [6.45, 7) is 4.54. The van der Waals surface area contributed by atoms with Crippen LogP contribution in [0.25, 0.3) is 0 Å². The van der Waals surface area contributed by atoms with Crippen molar-refractivity contribution in [3.8, 4) is 0 Å². The molecule has 122 valence electrons. The molecule has 0 aromatic heterocycles. The van der Waals surface area contributed by atoms with Crippen LogP contribution in [0.3, 0.4) is 0 Å². The summed E-state index contributed by atoms with van der Waals surface area (Å²) in [6, 6.07) is 9.79. The monoisotopic (exact) mass is 305 g/mol. The van der Waals surface area contributed by atoms with Crippen LogP contribution in [-0.4, -0.2) is 23.5 Å². The van der Waals surface area contributed by atoms with Crippen LogP contribution in [0.2, 0.25) is 0 Å². The van der Waals surface area contributed by atoms with Crippen molar-refractivity contribution < 1.29 is 14.7 Å². The number of carbonyl (C=O) groups excluding carboxylic acids is 1. The molecule has 0 bridgehead atoms. The summed E-state index contributed by atoms with van der Waals surface area (Å²) < 4.78 is 0. The van der Waals surface area contributed by atoms with Crippen LogP contribution in [0.1, 0.15) is 57.9 Å². The van der Waals surface area contributed by atoms with Crippen LogP contribution < -0.4 is 5.32 Å². The van der Waals surface area contributed by atoms with Crippen molar-refractivity contribution in [2.75, 3.05) is 6.54 Å². The Hall–Kier alpha value is -1.84. The van der Waals surface area contributed by atoms with E-state index in [9.17, 15) is 9.59 Å². The van der Waals surface area contributed by atoms with Crippen molar-refractivity contribution in [2.45, 2.75) is 57.8 Å². The Balaban J connectivity index is 2.19. The average molecular weight is 305 g/mol. The van der Waals surface area contributed by atoms with Gasteiger partial charge >= 0.3 is 5.97 Å². The van der Waals surface area contributed by atoms with E-state index in [1.807, 2.05) is 44.2 Å². The predicted molar refractivity (Wildman–Crippen MR) is 87.8 cm³/mol. The molecular weight excluding hydrogens is 278 g/mol. The van der Waals surface area contributed by atoms with E-state index < -0.39 is 11.4 Å². The predicted octanol–water partition coefficient (Wildman–Crippen LogP) is 3.51. The first kappa shape index (κ1) is 18.2. The number of nitrogens with one attached hydrogen (secondary N) is 1. The van der Waals surface area contributed by atoms with E-state index in [1.54, 1.807) is 0 Å². The van der Waals surface area contributed by atoms with Crippen molar-refractivity contribution in [1.29, 1.82) is 0 Å². The number of benzene rings is 1. The largest absolute Gasteiger partial charge is 0.481 e. The fourth-order valence-corrected chi connectivity index (χ4v) is 2.34. The number of rotatable bonds is 10. The molecule has 0 saturated heterocycles. The molecule has 4 heteroatoms. The van der Waals surface area contributed by atoms with Crippen molar-refractivity contribution >= 4 is 11.9 Å². The second kappa shape index (κ2) is 9.23. The molecule has 1 rings (SSSR count). The molecular formula is C18H27NO3. The lowest BCUT2D eigenvalue weighted by atomic mass is 9.84. The second-order valence-corrected chi connectivity index (χ2v) is 6.16. The zero-order chi connectivity index (χ0) is 16.4. The molecule has 4 nitrogen and oxygen atoms in total. The minimum absolute atomic E-state index is 0.0459. The zero-order valence-corrected chi connectivity index (χ0v) is 13.6. The maximum Gasteiger partial charge on any atom is 0.303 e. The lowest BCUT2D eigenvalue weighted by Crippen LogP contribution is -2.40. The van der Waals surface area contributed by atoms with Gasteiger partial charge in [0.2, 0.25) is 5.91 Å². The fourth-order valence-electron chi connectivity index (χ4n) is 2.34. The number of carboxylic acids is 1. The van der Waals surface area contributed by atoms with E-state index >= 15 is 0 Å². The Morgan fingerprint density at radius 1 is 1.00 bits per heavy atom. The maximum atomic E-state index is 12.3. The van der Waals surface area contributed by atoms with Crippen LogP contribution in [-0.2, 0) is 15.0 Å². The molecule has 0 unspecified atom stereocenters. The van der Waals surface area contributed by atoms with E-state index in [4.69, 9.17) is 5.11 Å². The van der Waals surface area contributed by atoms with Crippen molar-refractivity contribution in [3.05, 3.63) is 35.9 Å². The summed E-state index contributed by atoms with van der Waals surface area (Å²) >= 11 is 0. The normalized spacial score (nSPS) is 11.2. The van der Waals surface area contributed by atoms with Crippen LogP contribution >= 0.6 is 0 Å². The highest BCUT2D eigenvalue weighted by Crippen LogP contribution is 2.22. The fraction of sp³-hybridized carbons (Fsp3) is 0.556. The summed E-state index contributed by atoms with van der Waals surface area (Å²) in [5, 5.41) is 11.5. The molecule has 2 N–H and O–H groups in total. The van der Waals surface area contributed by atoms with Crippen LogP contribution in [0.15, 0.2) is 30.3 Å². The Bertz CT molecular complexity index is 468. The smallest absolute Gasteiger partial charge is 0.303 e. The molecule has 0 saturated carbocycles. The average Bonchev–Trinajstić information content (AvgIpc) is 2.50. The highest BCUT2D eigenvalue weighted by Gasteiger charge is 2.28. The topological polar surface area (TPSA) is 66.4 Å². The van der Waals surface area contributed by atoms with E-state index in [2.05, 4.69) is 5.32 Å². The first-order chi connectivity index (χ1) is 10.4. The van der Waals surface area contributed by atoms with E-state index in [-0.39, 0.29) is 12.3 Å². The molecule has 0 aliphatic rings. The Morgan fingerprint density at radius 3 is 2.23 bits per heavy atom. The molecule has 22 heavy (non-hydrogen) atoms. The minimum Gasteiger partial charge on any atom is -0.481 e. The van der Waals surface area contributed by atoms with Gasteiger partial charge in [0, 0.05) is 13.0 Å². The van der Waals surface area contributed by atoms with Gasteiger partial charge in [0.05, 0.1) is 5.41 Å². The van der Waals surface area contributed by atoms with E-state index in [0.29, 0.717) is 6.54 Å². The van der Waals surface area contributed by atoms with Gasteiger partial charge < -0.3 is 10.4 Å². The summed E-state index contributed by atoms with van der Waals surface area (Å²) in [7, 11) is 0. The molecule has 0 heterocycles. The van der Waals surface area contributed by atoms with Gasteiger partial charge in [0.15, 0.2) is 0 Å². The number of unbranched alkanes of at least 4 members (excludes halogenated alkanes) is 4. The van der Waals surface area contributed by atoms with Gasteiger partial charge in [-0.25, -0.2) is 0 Å². The van der Waals surface area contributed by atoms with Crippen molar-refractivity contribution in [1.82, 2.24) is 5.32 Å². The second-order valence-electron chi connectivity index (χ2n) is 6.16. The third-order valence-corrected chi connectivity index (χ3v) is 3.92. The first-order valence-corrected chi connectivity index (χ1v) is 8.00. The number of carboxylic acid groups (broad SMARTS) is 1. The molecule has 1 aromatic carbocycles. The van der Waals surface area contributed by atoms with Gasteiger partial charge in [0.25, 0.3) is 0 Å². The molecule has 0 aliphatic carbocycles. The first-order valence-electron chi connectivity index (χ1n) is 8.00. The Morgan fingerprint density at radius 2 is 1.59 bits per heavy atom. The summed E-state index contributed by atoms with van der Waals surface area (Å²) in [4.78, 5) is 22.7. The van der Waals surface area contributed by atoms with Crippen LogP contribution in [0, 0.1) is 0 Å². The summed E-state index contributed by atoms with van der Waals surface area (Å²) in [5.74, 6) is -0.681. The lowest BCUT2D eigenvalue weighted by Gasteiger charge is -2.24. The van der Waals surface area contributed by atoms with Crippen LogP contribution in [0.4, 0.5) is 0 Å². The van der Waals surface area contributed by atoms with Gasteiger partial charge in [0.1, 0.15) is 0 Å². The van der Waals surface area contributed by atoms with Gasteiger partial charge in [-0.2, -0.15) is 0 Å². The zero-order valence-electron chi connectivity index (χ0n) is 13.6. The Labute approximate surface area is 132 Å². The summed E-state index contributed by atoms with van der Waals surface area (Å²) in [6.07, 6.45) is 4.90.